The Labute approximate surface area is 151 Å². The van der Waals surface area contributed by atoms with Gasteiger partial charge in [0.2, 0.25) is 5.75 Å². The number of nitrogens with zero attached hydrogens (tertiary/aromatic N) is 1. The molecule has 0 saturated heterocycles. The monoisotopic (exact) mass is 362 g/mol. The van der Waals surface area contributed by atoms with Crippen molar-refractivity contribution in [3.05, 3.63) is 46.5 Å². The van der Waals surface area contributed by atoms with Crippen molar-refractivity contribution in [1.82, 2.24) is 0 Å². The molecule has 0 aliphatic carbocycles. The van der Waals surface area contributed by atoms with Crippen LogP contribution in [0.2, 0.25) is 5.02 Å². The van der Waals surface area contributed by atoms with Crippen molar-refractivity contribution in [3.8, 4) is 17.2 Å². The van der Waals surface area contributed by atoms with E-state index in [1.165, 1.54) is 21.1 Å². The van der Waals surface area contributed by atoms with Gasteiger partial charge in [-0.2, -0.15) is 5.10 Å². The van der Waals surface area contributed by atoms with Crippen LogP contribution in [0, 0.1) is 6.92 Å². The molecule has 0 heterocycles. The second-order valence-corrected chi connectivity index (χ2v) is 5.59. The van der Waals surface area contributed by atoms with Crippen molar-refractivity contribution in [2.75, 3.05) is 19.6 Å². The van der Waals surface area contributed by atoms with Crippen LogP contribution in [-0.4, -0.2) is 26.4 Å². The van der Waals surface area contributed by atoms with E-state index in [4.69, 9.17) is 25.8 Å². The van der Waals surface area contributed by atoms with Crippen LogP contribution in [0.25, 0.3) is 0 Å². The summed E-state index contributed by atoms with van der Waals surface area (Å²) in [5, 5.41) is 4.83. The highest BCUT2D eigenvalue weighted by molar-refractivity contribution is 6.31. The van der Waals surface area contributed by atoms with Crippen LogP contribution in [0.3, 0.4) is 0 Å². The fraction of sp³-hybridized carbons (Fsp3) is 0.222. The van der Waals surface area contributed by atoms with Gasteiger partial charge >= 0.3 is 5.97 Å². The number of esters is 1. The minimum Gasteiger partial charge on any atom is -0.493 e. The van der Waals surface area contributed by atoms with Crippen LogP contribution >= 0.6 is 11.6 Å². The highest BCUT2D eigenvalue weighted by atomic mass is 35.5. The standard InChI is InChI=1S/C18H19ClN2O4/c1-11-5-6-14(9-15(11)19)21-20-10-13-7-16(23-3)18(25-12(2)22)17(8-13)24-4/h5-10,21H,1-4H3/b20-10+. The quantitative estimate of drug-likeness (QED) is 0.363. The third-order valence-electron chi connectivity index (χ3n) is 3.31. The molecule has 0 radical (unpaired) electrons. The molecule has 0 bridgehead atoms. The SMILES string of the molecule is COc1cc(/C=N/Nc2ccc(C)c(Cl)c2)cc(OC)c1OC(C)=O. The van der Waals surface area contributed by atoms with Crippen LogP contribution in [0.5, 0.6) is 17.2 Å². The summed E-state index contributed by atoms with van der Waals surface area (Å²) in [7, 11) is 2.96. The Morgan fingerprint density at radius 2 is 1.80 bits per heavy atom. The van der Waals surface area contributed by atoms with E-state index in [2.05, 4.69) is 10.5 Å². The van der Waals surface area contributed by atoms with E-state index >= 15 is 0 Å². The molecule has 2 rings (SSSR count). The molecule has 0 atom stereocenters. The topological polar surface area (TPSA) is 69.2 Å². The molecule has 0 unspecified atom stereocenters. The number of ether oxygens (including phenoxy) is 3. The van der Waals surface area contributed by atoms with Crippen LogP contribution in [0.4, 0.5) is 5.69 Å². The minimum atomic E-state index is -0.462. The van der Waals surface area contributed by atoms with E-state index in [1.807, 2.05) is 19.1 Å². The van der Waals surface area contributed by atoms with Gasteiger partial charge in [-0.15, -0.1) is 0 Å². The number of carbonyl (C=O) groups excluding carboxylic acids is 1. The Hall–Kier alpha value is -2.73. The molecule has 0 aliphatic heterocycles. The van der Waals surface area contributed by atoms with Crippen molar-refractivity contribution >= 4 is 29.5 Å². The first-order chi connectivity index (χ1) is 11.9. The number of rotatable bonds is 6. The molecular formula is C18H19ClN2O4. The van der Waals surface area contributed by atoms with E-state index in [1.54, 1.807) is 24.4 Å². The van der Waals surface area contributed by atoms with Gasteiger partial charge in [0, 0.05) is 17.5 Å². The molecule has 0 saturated carbocycles. The molecule has 132 valence electrons. The van der Waals surface area contributed by atoms with Gasteiger partial charge in [0.05, 0.1) is 26.1 Å². The number of nitrogens with one attached hydrogen (secondary N) is 1. The van der Waals surface area contributed by atoms with Crippen molar-refractivity contribution in [2.45, 2.75) is 13.8 Å². The third-order valence-corrected chi connectivity index (χ3v) is 3.72. The second-order valence-electron chi connectivity index (χ2n) is 5.18. The Morgan fingerprint density at radius 3 is 2.32 bits per heavy atom. The van der Waals surface area contributed by atoms with Crippen LogP contribution in [0.15, 0.2) is 35.4 Å². The molecule has 0 aromatic heterocycles. The lowest BCUT2D eigenvalue weighted by atomic mass is 10.2. The summed E-state index contributed by atoms with van der Waals surface area (Å²) in [6, 6.07) is 8.95. The fourth-order valence-electron chi connectivity index (χ4n) is 2.06. The summed E-state index contributed by atoms with van der Waals surface area (Å²) >= 11 is 6.08. The van der Waals surface area contributed by atoms with Gasteiger partial charge in [-0.05, 0) is 36.8 Å². The summed E-state index contributed by atoms with van der Waals surface area (Å²) in [6.07, 6.45) is 1.59. The van der Waals surface area contributed by atoms with Crippen LogP contribution in [-0.2, 0) is 4.79 Å². The summed E-state index contributed by atoms with van der Waals surface area (Å²) in [4.78, 5) is 11.2. The summed E-state index contributed by atoms with van der Waals surface area (Å²) in [5.41, 5.74) is 5.36. The molecule has 0 spiro atoms. The van der Waals surface area contributed by atoms with Crippen LogP contribution in [0.1, 0.15) is 18.1 Å². The molecule has 1 N–H and O–H groups in total. The van der Waals surface area contributed by atoms with Gasteiger partial charge in [-0.1, -0.05) is 17.7 Å². The lowest BCUT2D eigenvalue weighted by Gasteiger charge is -2.13. The maximum absolute atomic E-state index is 11.2. The Morgan fingerprint density at radius 1 is 1.16 bits per heavy atom. The summed E-state index contributed by atoms with van der Waals surface area (Å²) in [6.45, 7) is 3.24. The fourth-order valence-corrected chi connectivity index (χ4v) is 2.24. The Balaban J connectivity index is 2.23. The molecular weight excluding hydrogens is 344 g/mol. The van der Waals surface area contributed by atoms with E-state index in [9.17, 15) is 4.79 Å². The zero-order valence-corrected chi connectivity index (χ0v) is 15.2. The first-order valence-electron chi connectivity index (χ1n) is 7.44. The number of aryl methyl sites for hydroxylation is 1. The van der Waals surface area contributed by atoms with Crippen molar-refractivity contribution in [1.29, 1.82) is 0 Å². The first kappa shape index (κ1) is 18.6. The Bertz CT molecular complexity index is 781. The number of carbonyl (C=O) groups is 1. The zero-order chi connectivity index (χ0) is 18.4. The van der Waals surface area contributed by atoms with Crippen molar-refractivity contribution in [3.63, 3.8) is 0 Å². The number of hydrogen-bond acceptors (Lipinski definition) is 6. The normalized spacial score (nSPS) is 10.6. The van der Waals surface area contributed by atoms with Gasteiger partial charge in [0.1, 0.15) is 0 Å². The number of benzene rings is 2. The van der Waals surface area contributed by atoms with Gasteiger partial charge < -0.3 is 14.2 Å². The molecule has 25 heavy (non-hydrogen) atoms. The number of methoxy groups -OCH3 is 2. The van der Waals surface area contributed by atoms with E-state index in [-0.39, 0.29) is 5.75 Å². The lowest BCUT2D eigenvalue weighted by Crippen LogP contribution is -2.05. The maximum Gasteiger partial charge on any atom is 0.308 e. The highest BCUT2D eigenvalue weighted by Crippen LogP contribution is 2.38. The average Bonchev–Trinajstić information content (AvgIpc) is 2.58. The zero-order valence-electron chi connectivity index (χ0n) is 14.4. The summed E-state index contributed by atoms with van der Waals surface area (Å²) in [5.74, 6) is 0.507. The maximum atomic E-state index is 11.2. The third kappa shape index (κ3) is 4.87. The van der Waals surface area contributed by atoms with E-state index in [0.717, 1.165) is 11.3 Å². The number of hydrogen-bond donors (Lipinski definition) is 1. The van der Waals surface area contributed by atoms with Gasteiger partial charge in [0.25, 0.3) is 0 Å². The predicted octanol–water partition coefficient (Wildman–Crippen LogP) is 4.04. The molecule has 0 amide bonds. The first-order valence-corrected chi connectivity index (χ1v) is 7.82. The minimum absolute atomic E-state index is 0.230. The molecule has 2 aromatic rings. The van der Waals surface area contributed by atoms with Gasteiger partial charge in [0.15, 0.2) is 11.5 Å². The number of anilines is 1. The smallest absolute Gasteiger partial charge is 0.308 e. The Kier molecular flexibility index (Phi) is 6.25. The molecule has 6 nitrogen and oxygen atoms in total. The van der Waals surface area contributed by atoms with Crippen molar-refractivity contribution in [2.24, 2.45) is 5.10 Å². The molecule has 0 fully saturated rings. The molecule has 0 aliphatic rings. The largest absolute Gasteiger partial charge is 0.493 e. The summed E-state index contributed by atoms with van der Waals surface area (Å²) < 4.78 is 15.7. The lowest BCUT2D eigenvalue weighted by molar-refractivity contribution is -0.132. The molecule has 7 heteroatoms. The number of halogens is 1. The average molecular weight is 363 g/mol. The van der Waals surface area contributed by atoms with Crippen molar-refractivity contribution < 1.29 is 19.0 Å². The van der Waals surface area contributed by atoms with Crippen LogP contribution < -0.4 is 19.6 Å². The second kappa shape index (κ2) is 8.39. The predicted molar refractivity (Wildman–Crippen MR) is 98.3 cm³/mol. The molecule has 2 aromatic carbocycles. The van der Waals surface area contributed by atoms with E-state index < -0.39 is 5.97 Å². The highest BCUT2D eigenvalue weighted by Gasteiger charge is 2.15. The van der Waals surface area contributed by atoms with Gasteiger partial charge in [-0.3, -0.25) is 10.2 Å². The number of hydrazone groups is 1. The van der Waals surface area contributed by atoms with E-state index in [0.29, 0.717) is 22.1 Å². The van der Waals surface area contributed by atoms with Gasteiger partial charge in [-0.25, -0.2) is 0 Å².